The molecule has 172 valence electrons. The van der Waals surface area contributed by atoms with Gasteiger partial charge in [-0.3, -0.25) is 14.6 Å². The van der Waals surface area contributed by atoms with Gasteiger partial charge < -0.3 is 19.5 Å². The van der Waals surface area contributed by atoms with Gasteiger partial charge >= 0.3 is 0 Å². The molecule has 2 amide bonds. The molecule has 34 heavy (non-hydrogen) atoms. The van der Waals surface area contributed by atoms with Crippen molar-refractivity contribution in [2.45, 2.75) is 13.1 Å². The molecule has 0 bridgehead atoms. The summed E-state index contributed by atoms with van der Waals surface area (Å²) >= 11 is 0. The van der Waals surface area contributed by atoms with Gasteiger partial charge in [-0.1, -0.05) is 41.6 Å². The number of pyridine rings is 1. The predicted molar refractivity (Wildman–Crippen MR) is 126 cm³/mol. The maximum atomic E-state index is 13.3. The van der Waals surface area contributed by atoms with E-state index in [2.05, 4.69) is 15.5 Å². The van der Waals surface area contributed by atoms with Crippen LogP contribution in [-0.2, 0) is 17.9 Å². The highest BCUT2D eigenvalue weighted by Gasteiger charge is 2.23. The fourth-order valence-corrected chi connectivity index (χ4v) is 3.37. The van der Waals surface area contributed by atoms with Gasteiger partial charge in [0.25, 0.3) is 5.91 Å². The van der Waals surface area contributed by atoms with Crippen LogP contribution >= 0.6 is 0 Å². The molecule has 8 nitrogen and oxygen atoms in total. The molecule has 0 unspecified atom stereocenters. The highest BCUT2D eigenvalue weighted by atomic mass is 16.5. The van der Waals surface area contributed by atoms with Crippen LogP contribution in [0.4, 0.5) is 0 Å². The van der Waals surface area contributed by atoms with Gasteiger partial charge in [0.05, 0.1) is 7.11 Å². The topological polar surface area (TPSA) is 97.6 Å². The zero-order chi connectivity index (χ0) is 23.8. The SMILES string of the molecule is COc1ccc(-c2cc(C(=O)N(CC(=O)NCc3cccnc3)Cc3ccccc3)no2)cc1. The monoisotopic (exact) mass is 456 g/mol. The van der Waals surface area contributed by atoms with Crippen LogP contribution in [0.5, 0.6) is 5.75 Å². The molecule has 0 radical (unpaired) electrons. The summed E-state index contributed by atoms with van der Waals surface area (Å²) in [6.07, 6.45) is 3.35. The van der Waals surface area contributed by atoms with Crippen LogP contribution in [0.15, 0.2) is 89.7 Å². The molecule has 0 saturated heterocycles. The third kappa shape index (κ3) is 5.86. The van der Waals surface area contributed by atoms with Gasteiger partial charge in [0.1, 0.15) is 12.3 Å². The maximum absolute atomic E-state index is 13.3. The molecular weight excluding hydrogens is 432 g/mol. The second kappa shape index (κ2) is 10.9. The fraction of sp³-hybridized carbons (Fsp3) is 0.154. The zero-order valence-electron chi connectivity index (χ0n) is 18.7. The van der Waals surface area contributed by atoms with Crippen molar-refractivity contribution in [1.29, 1.82) is 0 Å². The molecule has 4 rings (SSSR count). The number of hydrogen-bond donors (Lipinski definition) is 1. The van der Waals surface area contributed by atoms with Gasteiger partial charge in [0, 0.05) is 37.1 Å². The van der Waals surface area contributed by atoms with Crippen LogP contribution < -0.4 is 10.1 Å². The van der Waals surface area contributed by atoms with Crippen LogP contribution in [0, 0.1) is 0 Å². The van der Waals surface area contributed by atoms with E-state index in [1.54, 1.807) is 43.8 Å². The summed E-state index contributed by atoms with van der Waals surface area (Å²) in [5.41, 5.74) is 2.66. The second-order valence-electron chi connectivity index (χ2n) is 7.59. The van der Waals surface area contributed by atoms with Gasteiger partial charge in [-0.2, -0.15) is 0 Å². The number of nitrogens with one attached hydrogen (secondary N) is 1. The summed E-state index contributed by atoms with van der Waals surface area (Å²) in [5.74, 6) is 0.480. The normalized spacial score (nSPS) is 10.5. The largest absolute Gasteiger partial charge is 0.497 e. The minimum absolute atomic E-state index is 0.126. The number of carbonyl (C=O) groups is 2. The van der Waals surface area contributed by atoms with E-state index in [0.717, 1.165) is 16.7 Å². The number of ether oxygens (including phenoxy) is 1. The molecule has 2 aromatic heterocycles. The molecule has 0 aliphatic heterocycles. The van der Waals surface area contributed by atoms with E-state index in [0.29, 0.717) is 18.1 Å². The van der Waals surface area contributed by atoms with E-state index in [9.17, 15) is 9.59 Å². The van der Waals surface area contributed by atoms with Gasteiger partial charge in [-0.15, -0.1) is 0 Å². The van der Waals surface area contributed by atoms with E-state index < -0.39 is 5.91 Å². The summed E-state index contributed by atoms with van der Waals surface area (Å²) in [6.45, 7) is 0.453. The molecule has 2 heterocycles. The van der Waals surface area contributed by atoms with Crippen molar-refractivity contribution < 1.29 is 18.8 Å². The van der Waals surface area contributed by atoms with Crippen LogP contribution in [0.3, 0.4) is 0 Å². The molecule has 0 atom stereocenters. The first kappa shape index (κ1) is 22.7. The summed E-state index contributed by atoms with van der Waals surface area (Å²) < 4.78 is 10.6. The first-order chi connectivity index (χ1) is 16.6. The number of aromatic nitrogens is 2. The Bertz CT molecular complexity index is 1220. The lowest BCUT2D eigenvalue weighted by atomic mass is 10.1. The molecule has 2 aromatic carbocycles. The Hall–Kier alpha value is -4.46. The number of nitrogens with zero attached hydrogens (tertiary/aromatic N) is 3. The van der Waals surface area contributed by atoms with Crippen molar-refractivity contribution in [3.8, 4) is 17.1 Å². The molecule has 4 aromatic rings. The van der Waals surface area contributed by atoms with Gasteiger partial charge in [0.15, 0.2) is 11.5 Å². The van der Waals surface area contributed by atoms with Gasteiger partial charge in [-0.25, -0.2) is 0 Å². The number of amides is 2. The fourth-order valence-electron chi connectivity index (χ4n) is 3.37. The Labute approximate surface area is 197 Å². The van der Waals surface area contributed by atoms with Gasteiger partial charge in [-0.05, 0) is 41.5 Å². The Morgan fingerprint density at radius 2 is 1.76 bits per heavy atom. The molecular formula is C26H24N4O4. The molecule has 0 aliphatic carbocycles. The van der Waals surface area contributed by atoms with E-state index in [-0.39, 0.29) is 24.7 Å². The second-order valence-corrected chi connectivity index (χ2v) is 7.59. The van der Waals surface area contributed by atoms with E-state index >= 15 is 0 Å². The summed E-state index contributed by atoms with van der Waals surface area (Å²) in [7, 11) is 1.59. The highest BCUT2D eigenvalue weighted by molar-refractivity contribution is 5.95. The number of methoxy groups -OCH3 is 1. The minimum atomic E-state index is -0.399. The van der Waals surface area contributed by atoms with Crippen molar-refractivity contribution in [3.05, 3.63) is 102 Å². The average molecular weight is 457 g/mol. The Morgan fingerprint density at radius 1 is 1.00 bits per heavy atom. The Morgan fingerprint density at radius 3 is 2.47 bits per heavy atom. The van der Waals surface area contributed by atoms with Crippen LogP contribution in [-0.4, -0.2) is 40.5 Å². The van der Waals surface area contributed by atoms with Crippen molar-refractivity contribution in [3.63, 3.8) is 0 Å². The molecule has 0 spiro atoms. The highest BCUT2D eigenvalue weighted by Crippen LogP contribution is 2.24. The number of benzene rings is 2. The van der Waals surface area contributed by atoms with Crippen LogP contribution in [0.25, 0.3) is 11.3 Å². The van der Waals surface area contributed by atoms with E-state index in [1.165, 1.54) is 4.90 Å². The average Bonchev–Trinajstić information content (AvgIpc) is 3.38. The Kier molecular flexibility index (Phi) is 7.29. The standard InChI is InChI=1S/C26H24N4O4/c1-33-22-11-9-21(10-12-22)24-14-23(29-34-24)26(32)30(17-19-6-3-2-4-7-19)18-25(31)28-16-20-8-5-13-27-15-20/h2-15H,16-18H2,1H3,(H,28,31). The smallest absolute Gasteiger partial charge is 0.276 e. The molecule has 0 aliphatic rings. The lowest BCUT2D eigenvalue weighted by Gasteiger charge is -2.21. The van der Waals surface area contributed by atoms with E-state index in [4.69, 9.17) is 9.26 Å². The third-order valence-electron chi connectivity index (χ3n) is 5.15. The summed E-state index contributed by atoms with van der Waals surface area (Å²) in [4.78, 5) is 31.4. The maximum Gasteiger partial charge on any atom is 0.276 e. The van der Waals surface area contributed by atoms with E-state index in [1.807, 2.05) is 48.5 Å². The zero-order valence-corrected chi connectivity index (χ0v) is 18.7. The molecule has 1 N–H and O–H groups in total. The van der Waals surface area contributed by atoms with Crippen molar-refractivity contribution in [2.75, 3.05) is 13.7 Å². The Balaban J connectivity index is 1.49. The summed E-state index contributed by atoms with van der Waals surface area (Å²) in [5, 5.41) is 6.80. The molecule has 8 heteroatoms. The first-order valence-corrected chi connectivity index (χ1v) is 10.7. The molecule has 0 fully saturated rings. The lowest BCUT2D eigenvalue weighted by molar-refractivity contribution is -0.122. The van der Waals surface area contributed by atoms with Crippen LogP contribution in [0.2, 0.25) is 0 Å². The molecule has 0 saturated carbocycles. The number of rotatable bonds is 9. The van der Waals surface area contributed by atoms with Crippen molar-refractivity contribution in [2.24, 2.45) is 0 Å². The number of hydrogen-bond acceptors (Lipinski definition) is 6. The lowest BCUT2D eigenvalue weighted by Crippen LogP contribution is -2.40. The predicted octanol–water partition coefficient (Wildman–Crippen LogP) is 3.70. The number of carbonyl (C=O) groups excluding carboxylic acids is 2. The van der Waals surface area contributed by atoms with Crippen molar-refractivity contribution in [1.82, 2.24) is 20.4 Å². The summed E-state index contributed by atoms with van der Waals surface area (Å²) in [6, 6.07) is 22.0. The third-order valence-corrected chi connectivity index (χ3v) is 5.15. The quantitative estimate of drug-likeness (QED) is 0.412. The first-order valence-electron chi connectivity index (χ1n) is 10.7. The van der Waals surface area contributed by atoms with Crippen LogP contribution in [0.1, 0.15) is 21.6 Å². The van der Waals surface area contributed by atoms with Crippen molar-refractivity contribution >= 4 is 11.8 Å². The minimum Gasteiger partial charge on any atom is -0.497 e. The van der Waals surface area contributed by atoms with Gasteiger partial charge in [0.2, 0.25) is 5.91 Å².